The lowest BCUT2D eigenvalue weighted by molar-refractivity contribution is -0.374. The minimum absolute atomic E-state index is 0.123. The van der Waals surface area contributed by atoms with Crippen LogP contribution in [0.3, 0.4) is 0 Å². The molecule has 2 bridgehead atoms. The lowest BCUT2D eigenvalue weighted by Crippen LogP contribution is -2.78. The molecule has 270 valence electrons. The number of rotatable bonds is 17. The van der Waals surface area contributed by atoms with Gasteiger partial charge in [0.15, 0.2) is 6.10 Å². The molecule has 2 aliphatic heterocycles. The highest BCUT2D eigenvalue weighted by Gasteiger charge is 2.85. The van der Waals surface area contributed by atoms with Gasteiger partial charge in [-0.1, -0.05) is 77.1 Å². The number of benzene rings is 1. The Morgan fingerprint density at radius 2 is 1.67 bits per heavy atom. The monoisotopic (exact) mass is 696 g/mol. The molecule has 2 saturated heterocycles. The summed E-state index contributed by atoms with van der Waals surface area (Å²) in [6.07, 6.45) is -4.83. The molecule has 0 unspecified atom stereocenters. The Morgan fingerprint density at radius 1 is 1.04 bits per heavy atom. The van der Waals surface area contributed by atoms with Crippen molar-refractivity contribution in [3.63, 3.8) is 0 Å². The van der Waals surface area contributed by atoms with Gasteiger partial charge in [0.25, 0.3) is 0 Å². The molecular weight excluding hydrogens is 650 g/mol. The molecule has 14 heteroatoms. The van der Waals surface area contributed by atoms with Gasteiger partial charge < -0.3 is 44.5 Å². The lowest BCUT2D eigenvalue weighted by atomic mass is 9.74. The second-order valence-electron chi connectivity index (χ2n) is 13.1. The van der Waals surface area contributed by atoms with E-state index in [1.54, 1.807) is 6.92 Å². The van der Waals surface area contributed by atoms with Gasteiger partial charge >= 0.3 is 29.8 Å². The van der Waals surface area contributed by atoms with Crippen LogP contribution in [0.1, 0.15) is 65.9 Å². The van der Waals surface area contributed by atoms with E-state index in [1.807, 2.05) is 51.1 Å². The highest BCUT2D eigenvalue weighted by molar-refractivity contribution is 5.98. The van der Waals surface area contributed by atoms with Crippen LogP contribution in [0.25, 0.3) is 0 Å². The van der Waals surface area contributed by atoms with Gasteiger partial charge in [0.05, 0.1) is 0 Å². The van der Waals surface area contributed by atoms with E-state index in [0.29, 0.717) is 18.8 Å². The number of aliphatic hydroxyl groups is 2. The van der Waals surface area contributed by atoms with Gasteiger partial charge in [-0.3, -0.25) is 4.79 Å². The molecule has 0 radical (unpaired) electrons. The Bertz CT molecular complexity index is 1440. The Hall–Kier alpha value is -4.11. The van der Waals surface area contributed by atoms with Crippen molar-refractivity contribution in [1.82, 2.24) is 0 Å². The number of carboxylic acid groups (broad SMARTS) is 3. The number of carbonyl (C=O) groups is 5. The van der Waals surface area contributed by atoms with Crippen LogP contribution in [0.2, 0.25) is 0 Å². The van der Waals surface area contributed by atoms with E-state index >= 15 is 0 Å². The SMILES string of the molecule is C=C(CC[C@]12O[C@H](C(=O)O)[C@@](O)(C(=O)O)[C@](C(=O)O)(O1)[C@H](OC(=O)/C=C/[C@@H](C)C[C@@H](C)CC)[C@H]2O)[C@@H](OC(C)=O)[C@H](C)C[13c]1[13cH][13cH][13cH][13cH][13cH]1. The zero-order chi connectivity index (χ0) is 36.9. The molecule has 1 aromatic carbocycles. The first-order chi connectivity index (χ1) is 22.9. The van der Waals surface area contributed by atoms with Gasteiger partial charge in [-0.05, 0) is 42.2 Å². The fourth-order valence-corrected chi connectivity index (χ4v) is 6.58. The Kier molecular flexibility index (Phi) is 12.5. The number of hydrogen-bond acceptors (Lipinski definition) is 11. The number of carboxylic acids is 3. The molecule has 2 heterocycles. The summed E-state index contributed by atoms with van der Waals surface area (Å²) in [5, 5.41) is 53.5. The van der Waals surface area contributed by atoms with Crippen molar-refractivity contribution >= 4 is 29.8 Å². The summed E-state index contributed by atoms with van der Waals surface area (Å²) in [6, 6.07) is 9.29. The van der Waals surface area contributed by atoms with Crippen molar-refractivity contribution in [3.8, 4) is 0 Å². The summed E-state index contributed by atoms with van der Waals surface area (Å²) < 4.78 is 22.0. The molecule has 49 heavy (non-hydrogen) atoms. The highest BCUT2D eigenvalue weighted by atomic mass is 16.8. The smallest absolute Gasteiger partial charge is 0.344 e. The fourth-order valence-electron chi connectivity index (χ4n) is 6.58. The van der Waals surface area contributed by atoms with Gasteiger partial charge in [-0.25, -0.2) is 19.2 Å². The third-order valence-electron chi connectivity index (χ3n) is 9.29. The third kappa shape index (κ3) is 7.88. The molecule has 14 nitrogen and oxygen atoms in total. The zero-order valence-electron chi connectivity index (χ0n) is 28.2. The topological polar surface area (TPSA) is 223 Å². The molecule has 0 aromatic heterocycles. The zero-order valence-corrected chi connectivity index (χ0v) is 28.2. The van der Waals surface area contributed by atoms with Gasteiger partial charge in [0.1, 0.15) is 12.2 Å². The molecule has 2 aliphatic rings. The van der Waals surface area contributed by atoms with Crippen molar-refractivity contribution in [1.29, 1.82) is 0 Å². The molecule has 3 rings (SSSR count). The van der Waals surface area contributed by atoms with Crippen molar-refractivity contribution < 1.29 is 68.5 Å². The van der Waals surface area contributed by atoms with Gasteiger partial charge in [0.2, 0.25) is 23.1 Å². The quantitative estimate of drug-likeness (QED) is 0.0898. The van der Waals surface area contributed by atoms with Crippen molar-refractivity contribution in [2.24, 2.45) is 17.8 Å². The number of aliphatic carboxylic acids is 3. The Balaban J connectivity index is 2.02. The fraction of sp³-hybridized carbons (Fsp3) is 0.571. The molecule has 1 aromatic rings. The maximum atomic E-state index is 13.0. The second-order valence-corrected chi connectivity index (χ2v) is 13.1. The van der Waals surface area contributed by atoms with E-state index in [9.17, 15) is 49.5 Å². The van der Waals surface area contributed by atoms with Crippen LogP contribution < -0.4 is 0 Å². The Morgan fingerprint density at radius 3 is 2.20 bits per heavy atom. The molecule has 0 saturated carbocycles. The van der Waals surface area contributed by atoms with E-state index < -0.39 is 77.7 Å². The van der Waals surface area contributed by atoms with Crippen LogP contribution in [0.15, 0.2) is 54.6 Å². The number of ether oxygens (including phenoxy) is 4. The molecule has 2 fully saturated rings. The number of aliphatic hydroxyl groups excluding tert-OH is 1. The minimum Gasteiger partial charge on any atom is -0.479 e. The van der Waals surface area contributed by atoms with Crippen molar-refractivity contribution in [3.05, 3.63) is 60.2 Å². The first kappa shape index (κ1) is 39.3. The first-order valence-electron chi connectivity index (χ1n) is 16.1. The summed E-state index contributed by atoms with van der Waals surface area (Å²) in [5.74, 6) is -11.3. The summed E-state index contributed by atoms with van der Waals surface area (Å²) in [6.45, 7) is 12.9. The van der Waals surface area contributed by atoms with E-state index in [4.69, 9.17) is 18.9 Å². The Labute approximate surface area is 284 Å². The maximum Gasteiger partial charge on any atom is 0.344 e. The summed E-state index contributed by atoms with van der Waals surface area (Å²) >= 11 is 0. The molecule has 5 N–H and O–H groups in total. The van der Waals surface area contributed by atoms with Crippen LogP contribution in [0.4, 0.5) is 0 Å². The summed E-state index contributed by atoms with van der Waals surface area (Å²) in [7, 11) is 0. The molecule has 0 aliphatic carbocycles. The van der Waals surface area contributed by atoms with E-state index in [2.05, 4.69) is 6.58 Å². The van der Waals surface area contributed by atoms with Crippen molar-refractivity contribution in [2.75, 3.05) is 0 Å². The first-order valence-corrected chi connectivity index (χ1v) is 16.1. The summed E-state index contributed by atoms with van der Waals surface area (Å²) in [5.41, 5.74) is -6.27. The standard InChI is InChI=1S/C35H46O14/c1-7-19(2)17-20(3)13-14-25(37)47-28-27(38)33(48-29(30(39)40)34(45,31(41)42)35(28,49-33)32(43)44)16-15-21(4)26(46-23(6)36)22(5)18-24-11-9-8-10-12-24/h8-14,19-20,22,26-29,38,45H,4,7,15-18H2,1-3,5-6H3,(H,39,40)(H,41,42)(H,43,44)/b14-13+/t19-,20+,22+,26+,27+,28+,29+,33-,34+,35-/m0/s1/i8+1,9+1,10+1,11+1,12+1,24+1. The molecule has 0 amide bonds. The number of esters is 2. The van der Waals surface area contributed by atoms with E-state index in [0.717, 1.165) is 18.1 Å². The number of carbonyl (C=O) groups excluding carboxylic acids is 2. The number of hydrogen-bond donors (Lipinski definition) is 5. The largest absolute Gasteiger partial charge is 0.479 e. The predicted molar refractivity (Wildman–Crippen MR) is 171 cm³/mol. The van der Waals surface area contributed by atoms with Gasteiger partial charge in [-0.15, -0.1) is 0 Å². The van der Waals surface area contributed by atoms with Gasteiger partial charge in [0, 0.05) is 25.3 Å². The van der Waals surface area contributed by atoms with Crippen LogP contribution in [0.5, 0.6) is 0 Å². The number of allylic oxidation sites excluding steroid dienone is 1. The average molecular weight is 697 g/mol. The van der Waals surface area contributed by atoms with Crippen LogP contribution in [0, 0.1) is 17.8 Å². The maximum absolute atomic E-state index is 13.0. The van der Waals surface area contributed by atoms with Crippen LogP contribution >= 0.6 is 0 Å². The lowest BCUT2D eigenvalue weighted by Gasteiger charge is -2.48. The van der Waals surface area contributed by atoms with E-state index in [1.165, 1.54) is 13.0 Å². The van der Waals surface area contributed by atoms with Gasteiger partial charge in [-0.2, -0.15) is 0 Å². The predicted octanol–water partition coefficient (Wildman–Crippen LogP) is 2.88. The summed E-state index contributed by atoms with van der Waals surface area (Å²) in [4.78, 5) is 63.0. The molecule has 0 spiro atoms. The molecular formula is C35H46O14. The highest BCUT2D eigenvalue weighted by Crippen LogP contribution is 2.56. The minimum atomic E-state index is -3.90. The van der Waals surface area contributed by atoms with Crippen molar-refractivity contribution in [2.45, 2.75) is 108 Å². The van der Waals surface area contributed by atoms with Crippen LogP contribution in [-0.4, -0.2) is 96.8 Å². The normalized spacial score (nSPS) is 30.1. The number of fused-ring (bicyclic) bond motifs is 2. The van der Waals surface area contributed by atoms with E-state index in [-0.39, 0.29) is 23.8 Å². The average Bonchev–Trinajstić information content (AvgIpc) is 3.25. The third-order valence-corrected chi connectivity index (χ3v) is 9.29. The second kappa shape index (κ2) is 15.6. The molecule has 10 atom stereocenters. The van der Waals surface area contributed by atoms with Crippen LogP contribution in [-0.2, 0) is 49.3 Å².